The van der Waals surface area contributed by atoms with E-state index in [4.69, 9.17) is 27.9 Å². The number of Topliss-reactive ketones (excluding diaryl/α,β-unsaturated/α-hetero) is 1. The third kappa shape index (κ3) is 4.61. The Bertz CT molecular complexity index is 1220. The average molecular weight is 455 g/mol. The van der Waals surface area contributed by atoms with Crippen LogP contribution in [0.4, 0.5) is 0 Å². The highest BCUT2D eigenvalue weighted by Gasteiger charge is 2.23. The fraction of sp³-hybridized carbons (Fsp3) is 0.278. The van der Waals surface area contributed by atoms with Crippen molar-refractivity contribution < 1.29 is 19.2 Å². The predicted molar refractivity (Wildman–Crippen MR) is 106 cm³/mol. The molecule has 0 aliphatic rings. The molecule has 158 valence electrons. The van der Waals surface area contributed by atoms with Crippen LogP contribution in [0.1, 0.15) is 35.6 Å². The largest absolute Gasteiger partial charge is 0.439 e. The summed E-state index contributed by atoms with van der Waals surface area (Å²) in [6, 6.07) is 4.21. The molecule has 0 bridgehead atoms. The highest BCUT2D eigenvalue weighted by molar-refractivity contribution is 6.37. The molecule has 0 atom stereocenters. The molecule has 12 heteroatoms. The molecule has 3 aromatic rings. The smallest absolute Gasteiger partial charge is 0.434 e. The molecule has 0 saturated carbocycles. The van der Waals surface area contributed by atoms with Gasteiger partial charge >= 0.3 is 5.76 Å². The number of carbonyl (C=O) groups excluding carboxylic acids is 1. The molecule has 0 aliphatic carbocycles. The van der Waals surface area contributed by atoms with Gasteiger partial charge in [-0.05, 0) is 31.5 Å². The second kappa shape index (κ2) is 8.05. The Morgan fingerprint density at radius 3 is 2.43 bits per heavy atom. The van der Waals surface area contributed by atoms with E-state index in [2.05, 4.69) is 19.8 Å². The van der Waals surface area contributed by atoms with Gasteiger partial charge in [0.05, 0.1) is 21.2 Å². The van der Waals surface area contributed by atoms with Crippen molar-refractivity contribution in [3.63, 3.8) is 0 Å². The molecule has 0 fully saturated rings. The molecule has 2 aromatic heterocycles. The number of aryl methyl sites for hydroxylation is 1. The van der Waals surface area contributed by atoms with Crippen LogP contribution in [0.25, 0.3) is 0 Å². The molecule has 0 aliphatic heterocycles. The lowest BCUT2D eigenvalue weighted by Crippen LogP contribution is -2.32. The van der Waals surface area contributed by atoms with Crippen molar-refractivity contribution in [2.45, 2.75) is 25.9 Å². The molecule has 2 heterocycles. The lowest BCUT2D eigenvalue weighted by atomic mass is 10.0. The summed E-state index contributed by atoms with van der Waals surface area (Å²) in [5.41, 5.74) is -1.38. The third-order valence-corrected chi connectivity index (χ3v) is 4.60. The molecule has 0 saturated heterocycles. The van der Waals surface area contributed by atoms with Crippen LogP contribution in [0.5, 0.6) is 11.6 Å². The van der Waals surface area contributed by atoms with Crippen molar-refractivity contribution in [2.75, 3.05) is 0 Å². The monoisotopic (exact) mass is 454 g/mol. The maximum Gasteiger partial charge on any atom is 0.439 e. The van der Waals surface area contributed by atoms with Crippen LogP contribution in [0.15, 0.2) is 32.3 Å². The summed E-state index contributed by atoms with van der Waals surface area (Å²) < 4.78 is 11.0. The summed E-state index contributed by atoms with van der Waals surface area (Å²) in [5.74, 6) is -1.52. The Kier molecular flexibility index (Phi) is 5.84. The van der Waals surface area contributed by atoms with Crippen molar-refractivity contribution in [1.82, 2.24) is 19.9 Å². The third-order valence-electron chi connectivity index (χ3n) is 4.03. The zero-order valence-electron chi connectivity index (χ0n) is 16.0. The van der Waals surface area contributed by atoms with Gasteiger partial charge in [0, 0.05) is 19.5 Å². The Labute approximate surface area is 179 Å². The number of aromatic amines is 1. The number of hydrogen-bond donors (Lipinski definition) is 2. The fourth-order valence-corrected chi connectivity index (χ4v) is 3.21. The van der Waals surface area contributed by atoms with Gasteiger partial charge in [-0.15, -0.1) is 5.10 Å². The van der Waals surface area contributed by atoms with E-state index in [0.29, 0.717) is 5.56 Å². The van der Waals surface area contributed by atoms with Crippen LogP contribution in [-0.2, 0) is 19.1 Å². The molecule has 2 N–H and O–H groups in total. The number of hydrogen-bond acceptors (Lipinski definition) is 8. The zero-order chi connectivity index (χ0) is 22.2. The number of H-pyrrole nitrogens is 1. The number of nitrogens with one attached hydrogen (secondary N) is 1. The topological polar surface area (TPSA) is 140 Å². The number of carbonyl (C=O) groups is 1. The molecule has 3 rings (SSSR count). The fourth-order valence-electron chi connectivity index (χ4n) is 2.61. The number of aromatic nitrogens is 4. The van der Waals surface area contributed by atoms with Crippen LogP contribution in [0, 0.1) is 0 Å². The second-order valence-electron chi connectivity index (χ2n) is 6.92. The van der Waals surface area contributed by atoms with Crippen molar-refractivity contribution >= 4 is 29.0 Å². The number of nitrogens with zero attached hydrogens (tertiary/aromatic N) is 3. The van der Waals surface area contributed by atoms with E-state index in [1.165, 1.54) is 39.1 Å². The van der Waals surface area contributed by atoms with Gasteiger partial charge in [0.15, 0.2) is 5.75 Å². The SMILES string of the molecule is Cn1nc(Oc2c(Cl)cc(CC(=O)c3noc(=O)[nH]3)cc2Cl)cc(C(C)(C)O)c1=O. The van der Waals surface area contributed by atoms with Crippen molar-refractivity contribution in [1.29, 1.82) is 0 Å². The molecule has 0 radical (unpaired) electrons. The van der Waals surface area contributed by atoms with Crippen LogP contribution in [0.3, 0.4) is 0 Å². The molecule has 0 amide bonds. The maximum absolute atomic E-state index is 12.2. The molecule has 0 unspecified atom stereocenters. The zero-order valence-corrected chi connectivity index (χ0v) is 17.5. The predicted octanol–water partition coefficient (Wildman–Crippen LogP) is 2.21. The van der Waals surface area contributed by atoms with Gasteiger partial charge in [0.1, 0.15) is 0 Å². The van der Waals surface area contributed by atoms with E-state index in [1.807, 2.05) is 0 Å². The van der Waals surface area contributed by atoms with E-state index in [0.717, 1.165) is 4.68 Å². The van der Waals surface area contributed by atoms with Crippen molar-refractivity contribution in [3.05, 3.63) is 66.1 Å². The minimum atomic E-state index is -1.42. The average Bonchev–Trinajstić information content (AvgIpc) is 3.06. The summed E-state index contributed by atoms with van der Waals surface area (Å²) in [6.45, 7) is 2.92. The lowest BCUT2D eigenvalue weighted by Gasteiger charge is -2.18. The first-order valence-corrected chi connectivity index (χ1v) is 9.27. The summed E-state index contributed by atoms with van der Waals surface area (Å²) in [7, 11) is 1.41. The molecular formula is C18H16Cl2N4O6. The molecule has 1 aromatic carbocycles. The first kappa shape index (κ1) is 21.8. The summed E-state index contributed by atoms with van der Waals surface area (Å²) >= 11 is 12.5. The normalized spacial score (nSPS) is 11.5. The highest BCUT2D eigenvalue weighted by atomic mass is 35.5. The van der Waals surface area contributed by atoms with Gasteiger partial charge in [-0.1, -0.05) is 28.4 Å². The number of ether oxygens (including phenoxy) is 1. The number of ketones is 1. The first-order chi connectivity index (χ1) is 14.0. The molecule has 30 heavy (non-hydrogen) atoms. The number of rotatable bonds is 6. The van der Waals surface area contributed by atoms with Crippen LogP contribution >= 0.6 is 23.2 Å². The van der Waals surface area contributed by atoms with Crippen molar-refractivity contribution in [3.8, 4) is 11.6 Å². The lowest BCUT2D eigenvalue weighted by molar-refractivity contribution is 0.0758. The van der Waals surface area contributed by atoms with Crippen molar-refractivity contribution in [2.24, 2.45) is 7.05 Å². The Morgan fingerprint density at radius 2 is 1.90 bits per heavy atom. The van der Waals surface area contributed by atoms with E-state index < -0.39 is 22.7 Å². The minimum absolute atomic E-state index is 0.0120. The Balaban J connectivity index is 1.90. The Morgan fingerprint density at radius 1 is 1.27 bits per heavy atom. The van der Waals surface area contributed by atoms with Crippen LogP contribution < -0.4 is 16.1 Å². The summed E-state index contributed by atoms with van der Waals surface area (Å²) in [4.78, 5) is 37.5. The second-order valence-corrected chi connectivity index (χ2v) is 7.73. The van der Waals surface area contributed by atoms with Gasteiger partial charge in [0.2, 0.25) is 17.5 Å². The van der Waals surface area contributed by atoms with E-state index in [-0.39, 0.29) is 39.5 Å². The molecule has 10 nitrogen and oxygen atoms in total. The van der Waals surface area contributed by atoms with Gasteiger partial charge in [-0.2, -0.15) is 0 Å². The van der Waals surface area contributed by atoms with Crippen LogP contribution in [-0.4, -0.2) is 30.8 Å². The first-order valence-electron chi connectivity index (χ1n) is 8.52. The van der Waals surface area contributed by atoms with Gasteiger partial charge < -0.3 is 9.84 Å². The number of aliphatic hydroxyl groups is 1. The van der Waals surface area contributed by atoms with E-state index in [9.17, 15) is 19.5 Å². The summed E-state index contributed by atoms with van der Waals surface area (Å²) in [6.07, 6.45) is -0.150. The van der Waals surface area contributed by atoms with E-state index >= 15 is 0 Å². The summed E-state index contributed by atoms with van der Waals surface area (Å²) in [5, 5.41) is 17.7. The standard InChI is InChI=1S/C18H16Cl2N4O6/c1-18(2,28)9-7-13(22-24(3)16(9)26)29-14-10(19)4-8(5-11(14)20)6-12(25)15-21-17(27)30-23-15/h4-5,7,28H,6H2,1-3H3,(H,21,23,27). The number of benzene rings is 1. The quantitative estimate of drug-likeness (QED) is 0.539. The van der Waals surface area contributed by atoms with Gasteiger partial charge in [0.25, 0.3) is 5.56 Å². The minimum Gasteiger partial charge on any atom is -0.434 e. The molecule has 0 spiro atoms. The van der Waals surface area contributed by atoms with Crippen LogP contribution in [0.2, 0.25) is 10.0 Å². The molecular weight excluding hydrogens is 439 g/mol. The highest BCUT2D eigenvalue weighted by Crippen LogP contribution is 2.37. The number of halogens is 2. The maximum atomic E-state index is 12.2. The van der Waals surface area contributed by atoms with Gasteiger partial charge in [-0.3, -0.25) is 19.1 Å². The van der Waals surface area contributed by atoms with Gasteiger partial charge in [-0.25, -0.2) is 9.48 Å². The van der Waals surface area contributed by atoms with E-state index in [1.54, 1.807) is 0 Å². The Hall–Kier alpha value is -2.95.